The zero-order valence-corrected chi connectivity index (χ0v) is 14.8. The number of carbonyl (C=O) groups excluding carboxylic acids is 1. The highest BCUT2D eigenvalue weighted by atomic mass is 32.2. The molecule has 2 aromatic carbocycles. The predicted molar refractivity (Wildman–Crippen MR) is 102 cm³/mol. The van der Waals surface area contributed by atoms with Gasteiger partial charge in [0.15, 0.2) is 5.17 Å². The van der Waals surface area contributed by atoms with Crippen molar-refractivity contribution in [3.8, 4) is 0 Å². The zero-order valence-electron chi connectivity index (χ0n) is 14.0. The van der Waals surface area contributed by atoms with Gasteiger partial charge < -0.3 is 0 Å². The summed E-state index contributed by atoms with van der Waals surface area (Å²) >= 11 is 1.42. The lowest BCUT2D eigenvalue weighted by Crippen LogP contribution is -2.34. The van der Waals surface area contributed by atoms with Crippen LogP contribution in [0, 0.1) is 17.0 Å². The number of carbonyl (C=O) groups is 1. The summed E-state index contributed by atoms with van der Waals surface area (Å²) in [6.45, 7) is 2.03. The largest absolute Gasteiger partial charge is 0.279 e. The number of non-ortho nitro benzene ring substituents is 1. The third-order valence-electron chi connectivity index (χ3n) is 4.40. The SMILES string of the molecule is Cc1ccc(C2=C[C@@H](c3ccc([N+](=O)[O-])cc3)N3C(=O)CSC3=N2)cc1. The highest BCUT2D eigenvalue weighted by Crippen LogP contribution is 2.38. The van der Waals surface area contributed by atoms with Crippen LogP contribution in [0.1, 0.15) is 22.7 Å². The summed E-state index contributed by atoms with van der Waals surface area (Å²) in [6.07, 6.45) is 1.94. The van der Waals surface area contributed by atoms with Crippen molar-refractivity contribution in [3.05, 3.63) is 81.4 Å². The van der Waals surface area contributed by atoms with Crippen molar-refractivity contribution < 1.29 is 9.72 Å². The third kappa shape index (κ3) is 2.90. The molecule has 1 atom stereocenters. The lowest BCUT2D eigenvalue weighted by atomic mass is 10.00. The summed E-state index contributed by atoms with van der Waals surface area (Å²) in [6, 6.07) is 14.1. The molecule has 0 unspecified atom stereocenters. The Hall–Kier alpha value is -2.93. The lowest BCUT2D eigenvalue weighted by molar-refractivity contribution is -0.384. The quantitative estimate of drug-likeness (QED) is 0.610. The minimum Gasteiger partial charge on any atom is -0.279 e. The first-order chi connectivity index (χ1) is 12.5. The molecule has 7 heteroatoms. The molecule has 0 radical (unpaired) electrons. The molecule has 26 heavy (non-hydrogen) atoms. The van der Waals surface area contributed by atoms with Crippen molar-refractivity contribution in [3.63, 3.8) is 0 Å². The van der Waals surface area contributed by atoms with Crippen LogP contribution >= 0.6 is 11.8 Å². The summed E-state index contributed by atoms with van der Waals surface area (Å²) in [5.41, 5.74) is 3.81. The van der Waals surface area contributed by atoms with Gasteiger partial charge in [-0.25, -0.2) is 4.99 Å². The van der Waals surface area contributed by atoms with Gasteiger partial charge in [-0.15, -0.1) is 0 Å². The van der Waals surface area contributed by atoms with Crippen LogP contribution in [0.25, 0.3) is 5.70 Å². The van der Waals surface area contributed by atoms with E-state index in [0.717, 1.165) is 22.4 Å². The van der Waals surface area contributed by atoms with Crippen LogP contribution in [0.2, 0.25) is 0 Å². The molecule has 130 valence electrons. The van der Waals surface area contributed by atoms with Gasteiger partial charge in [0.1, 0.15) is 0 Å². The van der Waals surface area contributed by atoms with Crippen molar-refractivity contribution >= 4 is 34.2 Å². The first-order valence-electron chi connectivity index (χ1n) is 8.10. The van der Waals surface area contributed by atoms with Crippen LogP contribution < -0.4 is 0 Å². The second kappa shape index (κ2) is 6.42. The van der Waals surface area contributed by atoms with E-state index in [4.69, 9.17) is 0 Å². The van der Waals surface area contributed by atoms with Gasteiger partial charge in [0.2, 0.25) is 5.91 Å². The van der Waals surface area contributed by atoms with E-state index in [9.17, 15) is 14.9 Å². The number of fused-ring (bicyclic) bond motifs is 1. The Morgan fingerprint density at radius 2 is 1.85 bits per heavy atom. The number of benzene rings is 2. The standard InChI is InChI=1S/C19H15N3O3S/c1-12-2-4-13(5-3-12)16-10-17(21-18(23)11-26-19(21)20-16)14-6-8-15(9-7-14)22(24)25/h2-10,17H,11H2,1H3/t17-/m0/s1. The van der Waals surface area contributed by atoms with Crippen molar-refractivity contribution in [1.82, 2.24) is 4.90 Å². The average Bonchev–Trinajstić information content (AvgIpc) is 3.03. The summed E-state index contributed by atoms with van der Waals surface area (Å²) in [7, 11) is 0. The molecule has 0 N–H and O–H groups in total. The highest BCUT2D eigenvalue weighted by molar-refractivity contribution is 8.15. The molecule has 0 aliphatic carbocycles. The molecule has 1 amide bonds. The van der Waals surface area contributed by atoms with E-state index in [1.165, 1.54) is 23.9 Å². The summed E-state index contributed by atoms with van der Waals surface area (Å²) in [5, 5.41) is 11.6. The smallest absolute Gasteiger partial charge is 0.269 e. The fraction of sp³-hybridized carbons (Fsp3) is 0.158. The molecule has 2 aliphatic heterocycles. The van der Waals surface area contributed by atoms with Crippen LogP contribution in [0.5, 0.6) is 0 Å². The molecule has 2 aromatic rings. The van der Waals surface area contributed by atoms with Crippen LogP contribution in [-0.2, 0) is 4.79 Å². The number of hydrogen-bond donors (Lipinski definition) is 0. The van der Waals surface area contributed by atoms with Crippen molar-refractivity contribution in [1.29, 1.82) is 0 Å². The average molecular weight is 365 g/mol. The highest BCUT2D eigenvalue weighted by Gasteiger charge is 2.37. The maximum absolute atomic E-state index is 12.3. The fourth-order valence-electron chi connectivity index (χ4n) is 3.02. The van der Waals surface area contributed by atoms with Gasteiger partial charge in [0.25, 0.3) is 5.69 Å². The Morgan fingerprint density at radius 3 is 2.50 bits per heavy atom. The maximum Gasteiger partial charge on any atom is 0.269 e. The Bertz CT molecular complexity index is 949. The van der Waals surface area contributed by atoms with Gasteiger partial charge in [-0.3, -0.25) is 19.8 Å². The summed E-state index contributed by atoms with van der Waals surface area (Å²) < 4.78 is 0. The normalized spacial score (nSPS) is 19.0. The number of nitrogens with zero attached hydrogens (tertiary/aromatic N) is 3. The fourth-order valence-corrected chi connectivity index (χ4v) is 3.93. The van der Waals surface area contributed by atoms with Gasteiger partial charge in [-0.2, -0.15) is 0 Å². The first kappa shape index (κ1) is 16.5. The molecule has 6 nitrogen and oxygen atoms in total. The maximum atomic E-state index is 12.3. The first-order valence-corrected chi connectivity index (χ1v) is 9.08. The lowest BCUT2D eigenvalue weighted by Gasteiger charge is -2.29. The number of aryl methyl sites for hydroxylation is 1. The minimum absolute atomic E-state index is 0.00342. The van der Waals surface area contributed by atoms with E-state index in [2.05, 4.69) is 4.99 Å². The Morgan fingerprint density at radius 1 is 1.15 bits per heavy atom. The number of amidine groups is 1. The van der Waals surface area contributed by atoms with Gasteiger partial charge >= 0.3 is 0 Å². The molecule has 2 aliphatic rings. The minimum atomic E-state index is -0.429. The molecular weight excluding hydrogens is 350 g/mol. The molecule has 1 saturated heterocycles. The van der Waals surface area contributed by atoms with Crippen LogP contribution in [0.4, 0.5) is 5.69 Å². The molecular formula is C19H15N3O3S. The monoisotopic (exact) mass is 365 g/mol. The summed E-state index contributed by atoms with van der Waals surface area (Å²) in [4.78, 5) is 29.1. The number of rotatable bonds is 3. The second-order valence-corrected chi connectivity index (χ2v) is 7.10. The number of nitro groups is 1. The number of aliphatic imine (C=N–C) groups is 1. The number of nitro benzene ring substituents is 1. The molecule has 0 bridgehead atoms. The molecule has 0 saturated carbocycles. The molecule has 0 aromatic heterocycles. The van der Waals surface area contributed by atoms with E-state index in [0.29, 0.717) is 10.9 Å². The van der Waals surface area contributed by atoms with E-state index < -0.39 is 4.92 Å². The number of thioether (sulfide) groups is 1. The predicted octanol–water partition coefficient (Wildman–Crippen LogP) is 3.93. The van der Waals surface area contributed by atoms with E-state index >= 15 is 0 Å². The number of hydrogen-bond acceptors (Lipinski definition) is 5. The van der Waals surface area contributed by atoms with Gasteiger partial charge in [-0.1, -0.05) is 41.6 Å². The molecule has 2 heterocycles. The van der Waals surface area contributed by atoms with Gasteiger partial charge in [-0.05, 0) is 36.3 Å². The third-order valence-corrected chi connectivity index (χ3v) is 5.34. The van der Waals surface area contributed by atoms with Crippen molar-refractivity contribution in [2.45, 2.75) is 13.0 Å². The zero-order chi connectivity index (χ0) is 18.3. The topological polar surface area (TPSA) is 75.8 Å². The Balaban J connectivity index is 1.77. The van der Waals surface area contributed by atoms with Crippen LogP contribution in [-0.4, -0.2) is 26.7 Å². The molecule has 0 spiro atoms. The van der Waals surface area contributed by atoms with Crippen molar-refractivity contribution in [2.24, 2.45) is 4.99 Å². The van der Waals surface area contributed by atoms with Gasteiger partial charge in [0.05, 0.1) is 22.4 Å². The van der Waals surface area contributed by atoms with E-state index in [1.54, 1.807) is 17.0 Å². The van der Waals surface area contributed by atoms with E-state index in [1.807, 2.05) is 37.3 Å². The Kier molecular flexibility index (Phi) is 4.08. The van der Waals surface area contributed by atoms with E-state index in [-0.39, 0.29) is 17.6 Å². The second-order valence-electron chi connectivity index (χ2n) is 6.16. The van der Waals surface area contributed by atoms with Crippen molar-refractivity contribution in [2.75, 3.05) is 5.75 Å². The van der Waals surface area contributed by atoms with Crippen LogP contribution in [0.3, 0.4) is 0 Å². The molecule has 1 fully saturated rings. The molecule has 4 rings (SSSR count). The van der Waals surface area contributed by atoms with Crippen LogP contribution in [0.15, 0.2) is 59.6 Å². The Labute approximate surface area is 154 Å². The number of amides is 1. The van der Waals surface area contributed by atoms with Gasteiger partial charge in [0, 0.05) is 12.1 Å². The summed E-state index contributed by atoms with van der Waals surface area (Å²) in [5.74, 6) is 0.355.